The van der Waals surface area contributed by atoms with E-state index in [0.717, 1.165) is 44.6 Å². The zero-order valence-corrected chi connectivity index (χ0v) is 12.8. The van der Waals surface area contributed by atoms with Crippen LogP contribution in [-0.2, 0) is 4.79 Å². The second-order valence-corrected chi connectivity index (χ2v) is 5.36. The van der Waals surface area contributed by atoms with Crippen molar-refractivity contribution in [2.24, 2.45) is 0 Å². The van der Waals surface area contributed by atoms with Gasteiger partial charge < -0.3 is 15.5 Å². The van der Waals surface area contributed by atoms with Crippen LogP contribution in [0.2, 0.25) is 0 Å². The summed E-state index contributed by atoms with van der Waals surface area (Å²) < 4.78 is 0. The Morgan fingerprint density at radius 3 is 2.62 bits per heavy atom. The van der Waals surface area contributed by atoms with E-state index < -0.39 is 0 Å². The summed E-state index contributed by atoms with van der Waals surface area (Å²) in [5, 5.41) is 6.11. The number of anilines is 1. The zero-order chi connectivity index (χ0) is 15.1. The molecule has 1 saturated heterocycles. The summed E-state index contributed by atoms with van der Waals surface area (Å²) in [5.41, 5.74) is 2.31. The molecule has 0 bridgehead atoms. The van der Waals surface area contributed by atoms with E-state index in [1.807, 2.05) is 6.08 Å². The van der Waals surface area contributed by atoms with Gasteiger partial charge in [0.05, 0.1) is 5.92 Å². The van der Waals surface area contributed by atoms with E-state index in [1.165, 1.54) is 5.69 Å². The monoisotopic (exact) mass is 287 g/mol. The lowest BCUT2D eigenvalue weighted by Gasteiger charge is -2.29. The van der Waals surface area contributed by atoms with Gasteiger partial charge in [-0.1, -0.05) is 18.2 Å². The molecule has 4 heteroatoms. The molecule has 0 saturated carbocycles. The fourth-order valence-corrected chi connectivity index (χ4v) is 2.75. The molecule has 2 N–H and O–H groups in total. The van der Waals surface area contributed by atoms with Crippen LogP contribution in [0.4, 0.5) is 5.69 Å². The highest BCUT2D eigenvalue weighted by Gasteiger charge is 2.19. The molecule has 2 rings (SSSR count). The topological polar surface area (TPSA) is 44.4 Å². The fourth-order valence-electron chi connectivity index (χ4n) is 2.75. The van der Waals surface area contributed by atoms with Crippen molar-refractivity contribution in [2.75, 3.05) is 38.1 Å². The Morgan fingerprint density at radius 1 is 1.38 bits per heavy atom. The Morgan fingerprint density at radius 2 is 2.05 bits per heavy atom. The molecule has 1 atom stereocenters. The second-order valence-electron chi connectivity index (χ2n) is 5.36. The lowest BCUT2D eigenvalue weighted by molar-refractivity contribution is -0.122. The Labute approximate surface area is 127 Å². The average Bonchev–Trinajstić information content (AvgIpc) is 2.56. The van der Waals surface area contributed by atoms with Gasteiger partial charge >= 0.3 is 0 Å². The van der Waals surface area contributed by atoms with Crippen LogP contribution in [-0.4, -0.2) is 39.1 Å². The van der Waals surface area contributed by atoms with E-state index in [0.29, 0.717) is 0 Å². The highest BCUT2D eigenvalue weighted by Crippen LogP contribution is 2.25. The molecule has 0 spiro atoms. The number of nitrogens with zero attached hydrogens (tertiary/aromatic N) is 1. The predicted octanol–water partition coefficient (Wildman–Crippen LogP) is 1.89. The number of nitrogens with one attached hydrogen (secondary N) is 2. The third kappa shape index (κ3) is 4.08. The van der Waals surface area contributed by atoms with Crippen molar-refractivity contribution in [3.63, 3.8) is 0 Å². The molecule has 1 aromatic rings. The van der Waals surface area contributed by atoms with E-state index in [4.69, 9.17) is 0 Å². The third-order valence-corrected chi connectivity index (χ3v) is 4.00. The Bertz CT molecular complexity index is 463. The molecule has 1 unspecified atom stereocenters. The lowest BCUT2D eigenvalue weighted by Crippen LogP contribution is -2.43. The minimum absolute atomic E-state index is 0.0757. The number of carbonyl (C=O) groups excluding carboxylic acids is 1. The first-order valence-corrected chi connectivity index (χ1v) is 7.64. The minimum atomic E-state index is -0.0925. The molecule has 0 aromatic heterocycles. The summed E-state index contributed by atoms with van der Waals surface area (Å²) in [4.78, 5) is 14.4. The van der Waals surface area contributed by atoms with Crippen molar-refractivity contribution in [3.8, 4) is 0 Å². The van der Waals surface area contributed by atoms with Crippen molar-refractivity contribution >= 4 is 11.6 Å². The van der Waals surface area contributed by atoms with Gasteiger partial charge in [-0.2, -0.15) is 0 Å². The first-order chi connectivity index (χ1) is 10.3. The van der Waals surface area contributed by atoms with Gasteiger partial charge in [0.1, 0.15) is 0 Å². The number of rotatable bonds is 6. The Kier molecular flexibility index (Phi) is 5.81. The summed E-state index contributed by atoms with van der Waals surface area (Å²) in [6, 6.07) is 8.43. The van der Waals surface area contributed by atoms with Gasteiger partial charge in [0.15, 0.2) is 0 Å². The van der Waals surface area contributed by atoms with Crippen LogP contribution in [0.5, 0.6) is 0 Å². The van der Waals surface area contributed by atoms with Crippen molar-refractivity contribution in [2.45, 2.75) is 18.8 Å². The van der Waals surface area contributed by atoms with Crippen LogP contribution < -0.4 is 15.5 Å². The van der Waals surface area contributed by atoms with Gasteiger partial charge in [-0.3, -0.25) is 4.79 Å². The number of hydrogen-bond acceptors (Lipinski definition) is 3. The molecule has 114 valence electrons. The van der Waals surface area contributed by atoms with Crippen molar-refractivity contribution in [1.29, 1.82) is 0 Å². The van der Waals surface area contributed by atoms with Crippen LogP contribution in [0.15, 0.2) is 36.9 Å². The standard InChI is InChI=1S/C17H25N3O/c1-3-4-5-16(17(21)18-2)14-6-8-15(9-7-14)20-12-10-19-11-13-20/h3,6-9,16,19H,1,4-5,10-13H2,2H3,(H,18,21). The molecule has 1 fully saturated rings. The van der Waals surface area contributed by atoms with Crippen LogP contribution >= 0.6 is 0 Å². The smallest absolute Gasteiger partial charge is 0.227 e. The molecule has 4 nitrogen and oxygen atoms in total. The van der Waals surface area contributed by atoms with E-state index in [-0.39, 0.29) is 11.8 Å². The van der Waals surface area contributed by atoms with Crippen LogP contribution in [0.3, 0.4) is 0 Å². The highest BCUT2D eigenvalue weighted by atomic mass is 16.1. The second kappa shape index (κ2) is 7.84. The molecule has 0 aliphatic carbocycles. The van der Waals surface area contributed by atoms with E-state index in [2.05, 4.69) is 46.4 Å². The number of piperazine rings is 1. The Hall–Kier alpha value is -1.81. The largest absolute Gasteiger partial charge is 0.369 e. The molecular weight excluding hydrogens is 262 g/mol. The molecule has 1 aliphatic heterocycles. The fraction of sp³-hybridized carbons (Fsp3) is 0.471. The quantitative estimate of drug-likeness (QED) is 0.785. The molecule has 21 heavy (non-hydrogen) atoms. The number of benzene rings is 1. The SMILES string of the molecule is C=CCCC(C(=O)NC)c1ccc(N2CCNCC2)cc1. The number of amides is 1. The van der Waals surface area contributed by atoms with Gasteiger partial charge in [0.2, 0.25) is 5.91 Å². The highest BCUT2D eigenvalue weighted by molar-refractivity contribution is 5.83. The predicted molar refractivity (Wildman–Crippen MR) is 87.8 cm³/mol. The first kappa shape index (κ1) is 15.6. The number of carbonyl (C=O) groups is 1. The zero-order valence-electron chi connectivity index (χ0n) is 12.8. The number of hydrogen-bond donors (Lipinski definition) is 2. The van der Waals surface area contributed by atoms with Crippen LogP contribution in [0.25, 0.3) is 0 Å². The summed E-state index contributed by atoms with van der Waals surface area (Å²) >= 11 is 0. The maximum atomic E-state index is 12.0. The maximum absolute atomic E-state index is 12.0. The minimum Gasteiger partial charge on any atom is -0.369 e. The molecular formula is C17H25N3O. The van der Waals surface area contributed by atoms with Gasteiger partial charge in [-0.05, 0) is 30.5 Å². The van der Waals surface area contributed by atoms with Gasteiger partial charge in [-0.25, -0.2) is 0 Å². The van der Waals surface area contributed by atoms with Crippen LogP contribution in [0.1, 0.15) is 24.3 Å². The van der Waals surface area contributed by atoms with Gasteiger partial charge in [0, 0.05) is 38.9 Å². The number of allylic oxidation sites excluding steroid dienone is 1. The summed E-state index contributed by atoms with van der Waals surface area (Å²) in [6.07, 6.45) is 3.51. The van der Waals surface area contributed by atoms with Gasteiger partial charge in [-0.15, -0.1) is 6.58 Å². The van der Waals surface area contributed by atoms with E-state index in [1.54, 1.807) is 7.05 Å². The first-order valence-electron chi connectivity index (χ1n) is 7.64. The van der Waals surface area contributed by atoms with Gasteiger partial charge in [0.25, 0.3) is 0 Å². The maximum Gasteiger partial charge on any atom is 0.227 e. The van der Waals surface area contributed by atoms with Crippen molar-refractivity contribution in [1.82, 2.24) is 10.6 Å². The van der Waals surface area contributed by atoms with Crippen molar-refractivity contribution < 1.29 is 4.79 Å². The summed E-state index contributed by atoms with van der Waals surface area (Å²) in [5.74, 6) is -0.0168. The molecule has 1 amide bonds. The molecule has 1 aromatic carbocycles. The lowest BCUT2D eigenvalue weighted by atomic mass is 9.93. The van der Waals surface area contributed by atoms with E-state index in [9.17, 15) is 4.79 Å². The molecule has 1 aliphatic rings. The normalized spacial score (nSPS) is 16.3. The van der Waals surface area contributed by atoms with Crippen LogP contribution in [0, 0.1) is 0 Å². The summed E-state index contributed by atoms with van der Waals surface area (Å²) in [7, 11) is 1.69. The Balaban J connectivity index is 2.10. The number of likely N-dealkylation sites (N-methyl/N-ethyl adjacent to an activating group) is 1. The molecule has 1 heterocycles. The van der Waals surface area contributed by atoms with E-state index >= 15 is 0 Å². The summed E-state index contributed by atoms with van der Waals surface area (Å²) in [6.45, 7) is 7.87. The third-order valence-electron chi connectivity index (χ3n) is 4.00. The van der Waals surface area contributed by atoms with Crippen molar-refractivity contribution in [3.05, 3.63) is 42.5 Å². The average molecular weight is 287 g/mol. The molecule has 0 radical (unpaired) electrons.